The van der Waals surface area contributed by atoms with E-state index in [0.29, 0.717) is 6.54 Å². The molecule has 1 saturated heterocycles. The average Bonchev–Trinajstić information content (AvgIpc) is 2.68. The van der Waals surface area contributed by atoms with Gasteiger partial charge in [-0.05, 0) is 55.5 Å². The maximum absolute atomic E-state index is 12.6. The van der Waals surface area contributed by atoms with E-state index in [9.17, 15) is 4.79 Å². The fourth-order valence-corrected chi connectivity index (χ4v) is 4.04. The summed E-state index contributed by atoms with van der Waals surface area (Å²) in [6.45, 7) is 3.30. The highest BCUT2D eigenvalue weighted by Crippen LogP contribution is 2.22. The van der Waals surface area contributed by atoms with E-state index in [1.807, 2.05) is 42.5 Å². The van der Waals surface area contributed by atoms with Gasteiger partial charge in [0.15, 0.2) is 0 Å². The normalized spacial score (nSPS) is 17.6. The molecule has 0 aliphatic carbocycles. The number of hydrogen-bond donors (Lipinski definition) is 1. The van der Waals surface area contributed by atoms with Crippen LogP contribution in [0.15, 0.2) is 48.5 Å². The van der Waals surface area contributed by atoms with Gasteiger partial charge >= 0.3 is 0 Å². The Morgan fingerprint density at radius 1 is 1.04 bits per heavy atom. The standard InChI is InChI=1S/C22H26Cl2N2O/c23-20-11-3-1-7-17(20)9-5-13-25-22(27)19-10-6-14-26(16-19)15-18-8-2-4-12-21(18)24/h1-4,7-8,11-12,19H,5-6,9-10,13-16H2,(H,25,27)/t19-/m1/s1. The highest BCUT2D eigenvalue weighted by Gasteiger charge is 2.25. The largest absolute Gasteiger partial charge is 0.356 e. The van der Waals surface area contributed by atoms with E-state index in [1.54, 1.807) is 0 Å². The smallest absolute Gasteiger partial charge is 0.224 e. The number of amides is 1. The van der Waals surface area contributed by atoms with Crippen LogP contribution in [-0.4, -0.2) is 30.4 Å². The minimum Gasteiger partial charge on any atom is -0.356 e. The molecule has 0 radical (unpaired) electrons. The molecule has 2 aromatic carbocycles. The monoisotopic (exact) mass is 404 g/mol. The minimum atomic E-state index is 0.0570. The van der Waals surface area contributed by atoms with E-state index in [-0.39, 0.29) is 11.8 Å². The van der Waals surface area contributed by atoms with E-state index in [4.69, 9.17) is 23.2 Å². The van der Waals surface area contributed by atoms with Gasteiger partial charge in [0.05, 0.1) is 5.92 Å². The molecule has 1 amide bonds. The van der Waals surface area contributed by atoms with Crippen molar-refractivity contribution >= 4 is 29.1 Å². The fourth-order valence-electron chi connectivity index (χ4n) is 3.62. The van der Waals surface area contributed by atoms with E-state index in [2.05, 4.69) is 16.3 Å². The summed E-state index contributed by atoms with van der Waals surface area (Å²) in [7, 11) is 0. The van der Waals surface area contributed by atoms with Gasteiger partial charge in [0, 0.05) is 29.7 Å². The molecule has 2 aromatic rings. The summed E-state index contributed by atoms with van der Waals surface area (Å²) in [6, 6.07) is 15.8. The van der Waals surface area contributed by atoms with Crippen LogP contribution < -0.4 is 5.32 Å². The van der Waals surface area contributed by atoms with Crippen molar-refractivity contribution in [3.8, 4) is 0 Å². The molecule has 1 aliphatic heterocycles. The zero-order valence-electron chi connectivity index (χ0n) is 15.5. The van der Waals surface area contributed by atoms with Crippen LogP contribution in [-0.2, 0) is 17.8 Å². The van der Waals surface area contributed by atoms with Crippen molar-refractivity contribution in [2.45, 2.75) is 32.2 Å². The van der Waals surface area contributed by atoms with Gasteiger partial charge in [-0.25, -0.2) is 0 Å². The van der Waals surface area contributed by atoms with Crippen molar-refractivity contribution in [1.29, 1.82) is 0 Å². The molecule has 0 spiro atoms. The summed E-state index contributed by atoms with van der Waals surface area (Å²) in [5.41, 5.74) is 2.26. The van der Waals surface area contributed by atoms with E-state index >= 15 is 0 Å². The first-order chi connectivity index (χ1) is 13.1. The van der Waals surface area contributed by atoms with Crippen LogP contribution in [0.1, 0.15) is 30.4 Å². The number of piperidine rings is 1. The summed E-state index contributed by atoms with van der Waals surface area (Å²) >= 11 is 12.5. The van der Waals surface area contributed by atoms with Gasteiger partial charge in [-0.15, -0.1) is 0 Å². The number of rotatable bonds is 7. The first kappa shape index (κ1) is 20.2. The molecule has 3 rings (SSSR count). The Kier molecular flexibility index (Phi) is 7.57. The van der Waals surface area contributed by atoms with Crippen LogP contribution in [0.25, 0.3) is 0 Å². The van der Waals surface area contributed by atoms with Gasteiger partial charge in [-0.3, -0.25) is 9.69 Å². The average molecular weight is 405 g/mol. The van der Waals surface area contributed by atoms with Crippen molar-refractivity contribution in [3.63, 3.8) is 0 Å². The summed E-state index contributed by atoms with van der Waals surface area (Å²) in [6.07, 6.45) is 3.77. The number of carbonyl (C=O) groups excluding carboxylic acids is 1. The highest BCUT2D eigenvalue weighted by molar-refractivity contribution is 6.31. The molecule has 27 heavy (non-hydrogen) atoms. The lowest BCUT2D eigenvalue weighted by Gasteiger charge is -2.32. The molecular formula is C22H26Cl2N2O. The Labute approximate surface area is 171 Å². The van der Waals surface area contributed by atoms with Crippen LogP contribution in [0, 0.1) is 5.92 Å². The van der Waals surface area contributed by atoms with Crippen molar-refractivity contribution < 1.29 is 4.79 Å². The summed E-state index contributed by atoms with van der Waals surface area (Å²) in [4.78, 5) is 14.9. The lowest BCUT2D eigenvalue weighted by Crippen LogP contribution is -2.43. The van der Waals surface area contributed by atoms with Crippen LogP contribution in [0.2, 0.25) is 10.0 Å². The SMILES string of the molecule is O=C(NCCCc1ccccc1Cl)[C@@H]1CCCN(Cc2ccccc2Cl)C1. The number of halogens is 2. The van der Waals surface area contributed by atoms with Crippen LogP contribution in [0.5, 0.6) is 0 Å². The lowest BCUT2D eigenvalue weighted by molar-refractivity contribution is -0.126. The topological polar surface area (TPSA) is 32.3 Å². The zero-order valence-corrected chi connectivity index (χ0v) is 17.0. The van der Waals surface area contributed by atoms with Gasteiger partial charge < -0.3 is 5.32 Å². The second-order valence-electron chi connectivity index (χ2n) is 7.15. The Bertz CT molecular complexity index is 765. The van der Waals surface area contributed by atoms with E-state index in [1.165, 1.54) is 0 Å². The predicted octanol–water partition coefficient (Wildman–Crippen LogP) is 4.95. The van der Waals surface area contributed by atoms with Gasteiger partial charge in [0.25, 0.3) is 0 Å². The first-order valence-electron chi connectivity index (χ1n) is 9.60. The second kappa shape index (κ2) is 10.1. The summed E-state index contributed by atoms with van der Waals surface area (Å²) in [5.74, 6) is 0.222. The summed E-state index contributed by atoms with van der Waals surface area (Å²) in [5, 5.41) is 4.70. The first-order valence-corrected chi connectivity index (χ1v) is 10.4. The third-order valence-corrected chi connectivity index (χ3v) is 5.85. The maximum Gasteiger partial charge on any atom is 0.224 e. The molecule has 1 aliphatic rings. The van der Waals surface area contributed by atoms with Crippen LogP contribution in [0.4, 0.5) is 0 Å². The molecule has 1 heterocycles. The molecule has 0 bridgehead atoms. The molecule has 0 unspecified atom stereocenters. The van der Waals surface area contributed by atoms with E-state index < -0.39 is 0 Å². The number of likely N-dealkylation sites (tertiary alicyclic amines) is 1. The zero-order chi connectivity index (χ0) is 19.1. The fraction of sp³-hybridized carbons (Fsp3) is 0.409. The second-order valence-corrected chi connectivity index (χ2v) is 7.97. The molecule has 144 valence electrons. The number of benzene rings is 2. The van der Waals surface area contributed by atoms with Gasteiger partial charge in [-0.2, -0.15) is 0 Å². The van der Waals surface area contributed by atoms with E-state index in [0.717, 1.165) is 66.5 Å². The molecule has 1 N–H and O–H groups in total. The van der Waals surface area contributed by atoms with Crippen molar-refractivity contribution in [2.24, 2.45) is 5.92 Å². The number of carbonyl (C=O) groups is 1. The Morgan fingerprint density at radius 2 is 1.70 bits per heavy atom. The van der Waals surface area contributed by atoms with Gasteiger partial charge in [-0.1, -0.05) is 59.6 Å². The summed E-state index contributed by atoms with van der Waals surface area (Å²) < 4.78 is 0. The Morgan fingerprint density at radius 3 is 2.41 bits per heavy atom. The van der Waals surface area contributed by atoms with Crippen molar-refractivity contribution in [3.05, 3.63) is 69.7 Å². The molecule has 3 nitrogen and oxygen atoms in total. The Balaban J connectivity index is 1.43. The number of nitrogens with zero attached hydrogens (tertiary/aromatic N) is 1. The highest BCUT2D eigenvalue weighted by atomic mass is 35.5. The molecule has 1 atom stereocenters. The van der Waals surface area contributed by atoms with Crippen molar-refractivity contribution in [2.75, 3.05) is 19.6 Å². The van der Waals surface area contributed by atoms with Gasteiger partial charge in [0.2, 0.25) is 5.91 Å². The third-order valence-electron chi connectivity index (χ3n) is 5.11. The molecule has 5 heteroatoms. The Hall–Kier alpha value is -1.55. The lowest BCUT2D eigenvalue weighted by atomic mass is 9.96. The third kappa shape index (κ3) is 5.97. The van der Waals surface area contributed by atoms with Crippen LogP contribution in [0.3, 0.4) is 0 Å². The van der Waals surface area contributed by atoms with Crippen molar-refractivity contribution in [1.82, 2.24) is 10.2 Å². The maximum atomic E-state index is 12.6. The number of aryl methyl sites for hydroxylation is 1. The predicted molar refractivity (Wildman–Crippen MR) is 112 cm³/mol. The quantitative estimate of drug-likeness (QED) is 0.661. The number of hydrogen-bond acceptors (Lipinski definition) is 2. The minimum absolute atomic E-state index is 0.0570. The molecule has 0 saturated carbocycles. The molecule has 0 aromatic heterocycles. The van der Waals surface area contributed by atoms with Crippen LogP contribution >= 0.6 is 23.2 Å². The molecule has 1 fully saturated rings. The van der Waals surface area contributed by atoms with Gasteiger partial charge in [0.1, 0.15) is 0 Å². The number of nitrogens with one attached hydrogen (secondary N) is 1. The molecular weight excluding hydrogens is 379 g/mol.